The van der Waals surface area contributed by atoms with E-state index in [1.807, 2.05) is 20.8 Å². The largest absolute Gasteiger partial charge is 0.465 e. The van der Waals surface area contributed by atoms with Crippen LogP contribution in [-0.2, 0) is 13.9 Å². The van der Waals surface area contributed by atoms with E-state index in [0.717, 1.165) is 5.56 Å². The molecule has 1 amide bonds. The molecule has 6 nitrogen and oxygen atoms in total. The van der Waals surface area contributed by atoms with E-state index < -0.39 is 32.0 Å². The number of ether oxygens (including phenoxy) is 2. The van der Waals surface area contributed by atoms with Crippen LogP contribution in [0.2, 0.25) is 18.1 Å². The number of benzene rings is 1. The Morgan fingerprint density at radius 3 is 2.00 bits per heavy atom. The van der Waals surface area contributed by atoms with Gasteiger partial charge in [0.25, 0.3) is 0 Å². The van der Waals surface area contributed by atoms with E-state index in [2.05, 4.69) is 39.2 Å². The SMILES string of the molecule is COC(=O)c1ccc([C@@H](CO[Si](C)(C)C(C)(C)C)NC(=O)OC(C)(C)C)cc1. The van der Waals surface area contributed by atoms with Gasteiger partial charge in [0.15, 0.2) is 8.32 Å². The van der Waals surface area contributed by atoms with Crippen LogP contribution in [0.4, 0.5) is 4.79 Å². The zero-order valence-electron chi connectivity index (χ0n) is 18.6. The van der Waals surface area contributed by atoms with Gasteiger partial charge in [-0.05, 0) is 56.6 Å². The van der Waals surface area contributed by atoms with Crippen LogP contribution in [-0.4, -0.2) is 39.7 Å². The molecule has 0 aliphatic heterocycles. The van der Waals surface area contributed by atoms with Crippen molar-refractivity contribution in [1.82, 2.24) is 5.32 Å². The summed E-state index contributed by atoms with van der Waals surface area (Å²) in [6.07, 6.45) is -0.506. The van der Waals surface area contributed by atoms with Crippen LogP contribution in [0.1, 0.15) is 63.5 Å². The van der Waals surface area contributed by atoms with Gasteiger partial charge in [0.2, 0.25) is 0 Å². The molecule has 0 unspecified atom stereocenters. The fourth-order valence-corrected chi connectivity index (χ4v) is 3.16. The third-order valence-corrected chi connectivity index (χ3v) is 9.34. The molecule has 7 heteroatoms. The number of esters is 1. The average molecular weight is 410 g/mol. The Balaban J connectivity index is 3.03. The highest BCUT2D eigenvalue weighted by molar-refractivity contribution is 6.74. The molecule has 0 aliphatic rings. The third-order valence-electron chi connectivity index (χ3n) is 4.84. The fourth-order valence-electron chi connectivity index (χ4n) is 2.15. The van der Waals surface area contributed by atoms with Gasteiger partial charge < -0.3 is 19.2 Å². The molecule has 0 spiro atoms. The number of hydrogen-bond donors (Lipinski definition) is 1. The number of rotatable bonds is 6. The zero-order valence-corrected chi connectivity index (χ0v) is 19.6. The molecule has 1 aromatic rings. The summed E-state index contributed by atoms with van der Waals surface area (Å²) in [6.45, 7) is 16.6. The lowest BCUT2D eigenvalue weighted by Crippen LogP contribution is -2.44. The number of hydrogen-bond acceptors (Lipinski definition) is 5. The minimum absolute atomic E-state index is 0.0538. The van der Waals surface area contributed by atoms with Crippen LogP contribution < -0.4 is 5.32 Å². The van der Waals surface area contributed by atoms with Gasteiger partial charge in [-0.25, -0.2) is 9.59 Å². The Labute approximate surface area is 170 Å². The molecule has 0 bridgehead atoms. The van der Waals surface area contributed by atoms with Crippen molar-refractivity contribution >= 4 is 20.4 Å². The Morgan fingerprint density at radius 1 is 1.04 bits per heavy atom. The highest BCUT2D eigenvalue weighted by atomic mass is 28.4. The first-order valence-corrected chi connectivity index (χ1v) is 12.4. The molecule has 0 heterocycles. The molecule has 0 fully saturated rings. The lowest BCUT2D eigenvalue weighted by molar-refractivity contribution is 0.0483. The van der Waals surface area contributed by atoms with Crippen molar-refractivity contribution in [3.63, 3.8) is 0 Å². The van der Waals surface area contributed by atoms with Gasteiger partial charge in [0.1, 0.15) is 5.60 Å². The zero-order chi connectivity index (χ0) is 21.8. The van der Waals surface area contributed by atoms with Crippen LogP contribution in [0.25, 0.3) is 0 Å². The molecule has 0 radical (unpaired) electrons. The van der Waals surface area contributed by atoms with Gasteiger partial charge >= 0.3 is 12.1 Å². The summed E-state index contributed by atoms with van der Waals surface area (Å²) in [4.78, 5) is 24.0. The summed E-state index contributed by atoms with van der Waals surface area (Å²) in [5, 5.41) is 2.95. The normalized spacial score (nSPS) is 13.6. The second kappa shape index (κ2) is 9.09. The van der Waals surface area contributed by atoms with Crippen molar-refractivity contribution in [3.05, 3.63) is 35.4 Å². The van der Waals surface area contributed by atoms with E-state index in [1.165, 1.54) is 7.11 Å². The molecule has 0 saturated carbocycles. The van der Waals surface area contributed by atoms with Crippen LogP contribution >= 0.6 is 0 Å². The van der Waals surface area contributed by atoms with Crippen LogP contribution in [0.15, 0.2) is 24.3 Å². The van der Waals surface area contributed by atoms with E-state index >= 15 is 0 Å². The van der Waals surface area contributed by atoms with Gasteiger partial charge in [-0.15, -0.1) is 0 Å². The molecular weight excluding hydrogens is 374 g/mol. The maximum atomic E-state index is 12.3. The third kappa shape index (κ3) is 7.28. The molecule has 1 aromatic carbocycles. The first-order chi connectivity index (χ1) is 12.7. The summed E-state index contributed by atoms with van der Waals surface area (Å²) in [6, 6.07) is 6.55. The molecule has 158 valence electrons. The second-order valence-electron chi connectivity index (χ2n) is 9.38. The number of amides is 1. The Hall–Kier alpha value is -1.86. The van der Waals surface area contributed by atoms with E-state index in [9.17, 15) is 9.59 Å². The first-order valence-electron chi connectivity index (χ1n) is 9.48. The summed E-state index contributed by atoms with van der Waals surface area (Å²) < 4.78 is 16.5. The van der Waals surface area contributed by atoms with Crippen LogP contribution in [0.3, 0.4) is 0 Å². The van der Waals surface area contributed by atoms with Crippen molar-refractivity contribution in [2.45, 2.75) is 71.3 Å². The van der Waals surface area contributed by atoms with Gasteiger partial charge in [-0.2, -0.15) is 0 Å². The monoisotopic (exact) mass is 409 g/mol. The van der Waals surface area contributed by atoms with Crippen molar-refractivity contribution in [2.24, 2.45) is 0 Å². The number of methoxy groups -OCH3 is 1. The molecule has 1 rings (SSSR count). The molecule has 1 N–H and O–H groups in total. The van der Waals surface area contributed by atoms with Crippen molar-refractivity contribution in [3.8, 4) is 0 Å². The number of carbonyl (C=O) groups excluding carboxylic acids is 2. The summed E-state index contributed by atoms with van der Waals surface area (Å²) in [5.41, 5.74) is 0.689. The minimum atomic E-state index is -2.00. The highest BCUT2D eigenvalue weighted by Gasteiger charge is 2.38. The van der Waals surface area contributed by atoms with E-state index in [1.54, 1.807) is 24.3 Å². The van der Waals surface area contributed by atoms with Crippen molar-refractivity contribution < 1.29 is 23.5 Å². The van der Waals surface area contributed by atoms with Gasteiger partial charge in [-0.3, -0.25) is 0 Å². The number of carbonyl (C=O) groups is 2. The second-order valence-corrected chi connectivity index (χ2v) is 14.2. The molecule has 1 atom stereocenters. The topological polar surface area (TPSA) is 73.9 Å². The molecule has 28 heavy (non-hydrogen) atoms. The van der Waals surface area contributed by atoms with E-state index in [0.29, 0.717) is 12.2 Å². The Morgan fingerprint density at radius 2 is 1.57 bits per heavy atom. The summed E-state index contributed by atoms with van der Waals surface area (Å²) >= 11 is 0. The summed E-state index contributed by atoms with van der Waals surface area (Å²) in [7, 11) is -0.656. The maximum Gasteiger partial charge on any atom is 0.408 e. The predicted octanol–water partition coefficient (Wildman–Crippen LogP) is 5.06. The molecule has 0 saturated heterocycles. The van der Waals surface area contributed by atoms with E-state index in [-0.39, 0.29) is 5.04 Å². The quantitative estimate of drug-likeness (QED) is 0.525. The number of alkyl carbamates (subject to hydrolysis) is 1. The van der Waals surface area contributed by atoms with Crippen LogP contribution in [0, 0.1) is 0 Å². The lowest BCUT2D eigenvalue weighted by Gasteiger charge is -2.37. The fraction of sp³-hybridized carbons (Fsp3) is 0.619. The lowest BCUT2D eigenvalue weighted by atomic mass is 10.1. The van der Waals surface area contributed by atoms with Gasteiger partial charge in [-0.1, -0.05) is 32.9 Å². The standard InChI is InChI=1S/C21H35NO5Si/c1-20(2,3)27-19(24)22-17(14-26-28(8,9)21(4,5)6)15-10-12-16(13-11-15)18(23)25-7/h10-13,17H,14H2,1-9H3,(H,22,24)/t17-/m1/s1. The Bertz CT molecular complexity index is 672. The average Bonchev–Trinajstić information content (AvgIpc) is 2.55. The van der Waals surface area contributed by atoms with Crippen molar-refractivity contribution in [2.75, 3.05) is 13.7 Å². The molecule has 0 aliphatic carbocycles. The molecule has 0 aromatic heterocycles. The first kappa shape index (κ1) is 24.2. The highest BCUT2D eigenvalue weighted by Crippen LogP contribution is 2.37. The minimum Gasteiger partial charge on any atom is -0.465 e. The smallest absolute Gasteiger partial charge is 0.408 e. The summed E-state index contributed by atoms with van der Waals surface area (Å²) in [5.74, 6) is -0.402. The molecular formula is C21H35NO5Si. The Kier molecular flexibility index (Phi) is 7.85. The maximum absolute atomic E-state index is 12.3. The van der Waals surface area contributed by atoms with Crippen molar-refractivity contribution in [1.29, 1.82) is 0 Å². The van der Waals surface area contributed by atoms with Crippen LogP contribution in [0.5, 0.6) is 0 Å². The van der Waals surface area contributed by atoms with E-state index in [4.69, 9.17) is 13.9 Å². The van der Waals surface area contributed by atoms with Gasteiger partial charge in [0.05, 0.1) is 25.3 Å². The number of nitrogens with one attached hydrogen (secondary N) is 1. The predicted molar refractivity (Wildman–Crippen MR) is 113 cm³/mol. The van der Waals surface area contributed by atoms with Gasteiger partial charge in [0, 0.05) is 0 Å².